The highest BCUT2D eigenvalue weighted by atomic mass is 16.5. The highest BCUT2D eigenvalue weighted by molar-refractivity contribution is 5.86. The molecule has 2 aliphatic rings. The predicted octanol–water partition coefficient (Wildman–Crippen LogP) is 2.86. The molecule has 1 fully saturated rings. The SMILES string of the molecule is CCC1(C(=O)O)CN(C(=O)C(CNC(=O)OCC2c3ccccc3-c3ccccc32)OC)C1. The molecule has 174 valence electrons. The van der Waals surface area contributed by atoms with Crippen molar-refractivity contribution in [1.29, 1.82) is 0 Å². The van der Waals surface area contributed by atoms with Crippen LogP contribution in [0.4, 0.5) is 4.79 Å². The van der Waals surface area contributed by atoms with Crippen LogP contribution in [-0.2, 0) is 19.1 Å². The van der Waals surface area contributed by atoms with Crippen molar-refractivity contribution in [3.8, 4) is 11.1 Å². The monoisotopic (exact) mass is 452 g/mol. The topological polar surface area (TPSA) is 105 Å². The summed E-state index contributed by atoms with van der Waals surface area (Å²) in [5, 5.41) is 12.0. The Morgan fingerprint density at radius 1 is 1.09 bits per heavy atom. The summed E-state index contributed by atoms with van der Waals surface area (Å²) in [6, 6.07) is 16.1. The number of hydrogen-bond acceptors (Lipinski definition) is 5. The van der Waals surface area contributed by atoms with Gasteiger partial charge in [-0.15, -0.1) is 0 Å². The summed E-state index contributed by atoms with van der Waals surface area (Å²) in [5.41, 5.74) is 3.63. The lowest BCUT2D eigenvalue weighted by atomic mass is 9.77. The van der Waals surface area contributed by atoms with Crippen LogP contribution in [0.25, 0.3) is 11.1 Å². The molecule has 0 aromatic heterocycles. The molecule has 4 rings (SSSR count). The Morgan fingerprint density at radius 3 is 2.18 bits per heavy atom. The third-order valence-corrected chi connectivity index (χ3v) is 6.76. The molecule has 1 saturated heterocycles. The van der Waals surface area contributed by atoms with Crippen molar-refractivity contribution in [3.05, 3.63) is 59.7 Å². The van der Waals surface area contributed by atoms with Crippen molar-refractivity contribution >= 4 is 18.0 Å². The van der Waals surface area contributed by atoms with Crippen LogP contribution in [0.3, 0.4) is 0 Å². The van der Waals surface area contributed by atoms with Crippen LogP contribution in [0.5, 0.6) is 0 Å². The summed E-state index contributed by atoms with van der Waals surface area (Å²) in [4.78, 5) is 37.9. The van der Waals surface area contributed by atoms with E-state index in [1.807, 2.05) is 36.4 Å². The van der Waals surface area contributed by atoms with Crippen LogP contribution in [-0.4, -0.2) is 67.4 Å². The number of benzene rings is 2. The third kappa shape index (κ3) is 4.18. The second-order valence-electron chi connectivity index (χ2n) is 8.56. The van der Waals surface area contributed by atoms with Gasteiger partial charge >= 0.3 is 12.1 Å². The number of amides is 2. The normalized spacial score (nSPS) is 16.8. The second-order valence-corrected chi connectivity index (χ2v) is 8.56. The fourth-order valence-corrected chi connectivity index (χ4v) is 4.65. The zero-order valence-electron chi connectivity index (χ0n) is 18.7. The van der Waals surface area contributed by atoms with Gasteiger partial charge in [0.05, 0.1) is 6.54 Å². The number of carboxylic acids is 1. The maximum Gasteiger partial charge on any atom is 0.407 e. The van der Waals surface area contributed by atoms with Crippen LogP contribution in [0.15, 0.2) is 48.5 Å². The number of carbonyl (C=O) groups is 3. The Labute approximate surface area is 192 Å². The zero-order chi connectivity index (χ0) is 23.6. The molecule has 1 aliphatic carbocycles. The number of methoxy groups -OCH3 is 1. The molecule has 2 N–H and O–H groups in total. The fraction of sp³-hybridized carbons (Fsp3) is 0.400. The lowest BCUT2D eigenvalue weighted by Crippen LogP contribution is -2.64. The smallest absolute Gasteiger partial charge is 0.407 e. The number of fused-ring (bicyclic) bond motifs is 3. The molecular weight excluding hydrogens is 424 g/mol. The molecule has 2 aromatic rings. The van der Waals surface area contributed by atoms with E-state index in [1.54, 1.807) is 6.92 Å². The number of aliphatic carboxylic acids is 1. The number of ether oxygens (including phenoxy) is 2. The lowest BCUT2D eigenvalue weighted by molar-refractivity contribution is -0.170. The Bertz CT molecular complexity index is 1020. The van der Waals surface area contributed by atoms with Gasteiger partial charge in [0, 0.05) is 26.1 Å². The minimum absolute atomic E-state index is 0.0534. The van der Waals surface area contributed by atoms with Gasteiger partial charge in [-0.05, 0) is 28.7 Å². The largest absolute Gasteiger partial charge is 0.481 e. The van der Waals surface area contributed by atoms with Gasteiger partial charge in [-0.2, -0.15) is 0 Å². The number of alkyl carbamates (subject to hydrolysis) is 1. The van der Waals surface area contributed by atoms with Crippen molar-refractivity contribution in [2.24, 2.45) is 5.41 Å². The van der Waals surface area contributed by atoms with E-state index < -0.39 is 23.6 Å². The van der Waals surface area contributed by atoms with Crippen LogP contribution in [0.1, 0.15) is 30.4 Å². The first-order valence-corrected chi connectivity index (χ1v) is 11.0. The van der Waals surface area contributed by atoms with E-state index in [4.69, 9.17) is 9.47 Å². The molecule has 1 atom stereocenters. The molecule has 0 radical (unpaired) electrons. The van der Waals surface area contributed by atoms with Gasteiger partial charge in [0.15, 0.2) is 6.10 Å². The molecule has 2 aromatic carbocycles. The number of nitrogens with one attached hydrogen (secondary N) is 1. The number of likely N-dealkylation sites (tertiary alicyclic amines) is 1. The zero-order valence-corrected chi connectivity index (χ0v) is 18.7. The van der Waals surface area contributed by atoms with Crippen molar-refractivity contribution in [3.63, 3.8) is 0 Å². The first-order valence-electron chi connectivity index (χ1n) is 11.0. The minimum atomic E-state index is -0.908. The van der Waals surface area contributed by atoms with Crippen LogP contribution < -0.4 is 5.32 Å². The van der Waals surface area contributed by atoms with E-state index in [1.165, 1.54) is 12.0 Å². The maximum absolute atomic E-state index is 12.7. The van der Waals surface area contributed by atoms with E-state index >= 15 is 0 Å². The van der Waals surface area contributed by atoms with Crippen molar-refractivity contribution in [2.75, 3.05) is 33.4 Å². The number of hydrogen-bond donors (Lipinski definition) is 2. The van der Waals surface area contributed by atoms with Crippen LogP contribution >= 0.6 is 0 Å². The number of carboxylic acid groups (broad SMARTS) is 1. The summed E-state index contributed by atoms with van der Waals surface area (Å²) in [6.45, 7) is 2.19. The van der Waals surface area contributed by atoms with Gasteiger partial charge in [0.2, 0.25) is 0 Å². The van der Waals surface area contributed by atoms with Crippen molar-refractivity contribution in [1.82, 2.24) is 10.2 Å². The molecule has 33 heavy (non-hydrogen) atoms. The number of rotatable bonds is 8. The van der Waals surface area contributed by atoms with Gasteiger partial charge in [0.1, 0.15) is 12.0 Å². The summed E-state index contributed by atoms with van der Waals surface area (Å²) in [7, 11) is 1.38. The minimum Gasteiger partial charge on any atom is -0.481 e. The number of nitrogens with zero attached hydrogens (tertiary/aromatic N) is 1. The predicted molar refractivity (Wildman–Crippen MR) is 121 cm³/mol. The summed E-state index contributed by atoms with van der Waals surface area (Å²) >= 11 is 0. The molecule has 0 saturated carbocycles. The van der Waals surface area contributed by atoms with Gasteiger partial charge in [-0.1, -0.05) is 55.5 Å². The molecular formula is C25H28N2O6. The first kappa shape index (κ1) is 22.8. The molecule has 1 heterocycles. The van der Waals surface area contributed by atoms with E-state index in [0.717, 1.165) is 22.3 Å². The molecule has 2 amide bonds. The van der Waals surface area contributed by atoms with E-state index in [0.29, 0.717) is 6.42 Å². The summed E-state index contributed by atoms with van der Waals surface area (Å²) in [6.07, 6.45) is -1.10. The molecule has 0 spiro atoms. The quantitative estimate of drug-likeness (QED) is 0.638. The third-order valence-electron chi connectivity index (χ3n) is 6.76. The lowest BCUT2D eigenvalue weighted by Gasteiger charge is -2.47. The highest BCUT2D eigenvalue weighted by Crippen LogP contribution is 2.44. The average molecular weight is 453 g/mol. The number of carbonyl (C=O) groups excluding carboxylic acids is 2. The van der Waals surface area contributed by atoms with Gasteiger partial charge in [-0.25, -0.2) is 4.79 Å². The van der Waals surface area contributed by atoms with E-state index in [2.05, 4.69) is 17.4 Å². The maximum atomic E-state index is 12.7. The van der Waals surface area contributed by atoms with Gasteiger partial charge < -0.3 is 24.8 Å². The molecule has 8 heteroatoms. The van der Waals surface area contributed by atoms with Gasteiger partial charge in [0.25, 0.3) is 5.91 Å². The summed E-state index contributed by atoms with van der Waals surface area (Å²) in [5.74, 6) is -1.30. The highest BCUT2D eigenvalue weighted by Gasteiger charge is 2.50. The standard InChI is InChI=1S/C25H28N2O6/c1-3-25(23(29)30)14-27(15-25)22(28)21(32-2)12-26-24(31)33-13-20-18-10-6-4-8-16(18)17-9-5-7-11-19(17)20/h4-11,20-21H,3,12-15H2,1-2H3,(H,26,31)(H,29,30). The Morgan fingerprint density at radius 2 is 1.67 bits per heavy atom. The molecule has 8 nitrogen and oxygen atoms in total. The average Bonchev–Trinajstić information content (AvgIpc) is 3.11. The fourth-order valence-electron chi connectivity index (χ4n) is 4.65. The van der Waals surface area contributed by atoms with Crippen molar-refractivity contribution in [2.45, 2.75) is 25.4 Å². The van der Waals surface area contributed by atoms with E-state index in [-0.39, 0.29) is 38.1 Å². The van der Waals surface area contributed by atoms with Gasteiger partial charge in [-0.3, -0.25) is 9.59 Å². The van der Waals surface area contributed by atoms with Crippen LogP contribution in [0.2, 0.25) is 0 Å². The Balaban J connectivity index is 1.31. The molecule has 0 bridgehead atoms. The second kappa shape index (κ2) is 9.23. The molecule has 1 aliphatic heterocycles. The Kier molecular flexibility index (Phi) is 6.37. The van der Waals surface area contributed by atoms with E-state index in [9.17, 15) is 19.5 Å². The Hall–Kier alpha value is -3.39. The summed E-state index contributed by atoms with van der Waals surface area (Å²) < 4.78 is 10.7. The molecule has 1 unspecified atom stereocenters. The van der Waals surface area contributed by atoms with Crippen molar-refractivity contribution < 1.29 is 29.0 Å². The first-order chi connectivity index (χ1) is 15.9. The van der Waals surface area contributed by atoms with Crippen LogP contribution in [0, 0.1) is 5.41 Å².